The summed E-state index contributed by atoms with van der Waals surface area (Å²) in [5.41, 5.74) is 1.89. The van der Waals surface area contributed by atoms with Gasteiger partial charge in [0, 0.05) is 6.42 Å². The van der Waals surface area contributed by atoms with Crippen LogP contribution in [0.25, 0.3) is 10.2 Å². The van der Waals surface area contributed by atoms with Crippen LogP contribution in [0, 0.1) is 0 Å². The van der Waals surface area contributed by atoms with Crippen molar-refractivity contribution in [3.05, 3.63) is 48.0 Å². The smallest absolute Gasteiger partial charge is 0.267 e. The lowest BCUT2D eigenvalue weighted by atomic mass is 10.1. The summed E-state index contributed by atoms with van der Waals surface area (Å²) in [6.45, 7) is 0. The Bertz CT molecular complexity index is 865. The van der Waals surface area contributed by atoms with Gasteiger partial charge in [-0.2, -0.15) is 0 Å². The van der Waals surface area contributed by atoms with Gasteiger partial charge in [-0.25, -0.2) is 4.98 Å². The summed E-state index contributed by atoms with van der Waals surface area (Å²) in [6, 6.07) is 13.3. The maximum absolute atomic E-state index is 12.4. The van der Waals surface area contributed by atoms with Gasteiger partial charge in [0.1, 0.15) is 11.5 Å². The highest BCUT2D eigenvalue weighted by molar-refractivity contribution is 7.22. The molecule has 0 fully saturated rings. The van der Waals surface area contributed by atoms with Crippen molar-refractivity contribution in [1.82, 2.24) is 4.98 Å². The van der Waals surface area contributed by atoms with Crippen molar-refractivity contribution < 1.29 is 14.3 Å². The zero-order valence-corrected chi connectivity index (χ0v) is 13.2. The molecule has 23 heavy (non-hydrogen) atoms. The molecular weight excluding hydrogens is 312 g/mol. The van der Waals surface area contributed by atoms with Crippen molar-refractivity contribution in [3.8, 4) is 11.5 Å². The second-order valence-corrected chi connectivity index (χ2v) is 6.29. The van der Waals surface area contributed by atoms with Crippen LogP contribution in [0.3, 0.4) is 0 Å². The summed E-state index contributed by atoms with van der Waals surface area (Å²) < 4.78 is 11.9. The van der Waals surface area contributed by atoms with Crippen LogP contribution in [0.1, 0.15) is 5.56 Å². The first-order chi connectivity index (χ1) is 11.2. The van der Waals surface area contributed by atoms with Gasteiger partial charge in [-0.1, -0.05) is 29.5 Å². The molecular formula is C17H14N2O3S. The Hall–Kier alpha value is -2.60. The van der Waals surface area contributed by atoms with Crippen LogP contribution in [0.2, 0.25) is 0 Å². The molecule has 116 valence electrons. The van der Waals surface area contributed by atoms with E-state index in [1.165, 1.54) is 11.3 Å². The first kappa shape index (κ1) is 14.0. The third kappa shape index (κ3) is 2.61. The Kier molecular flexibility index (Phi) is 3.38. The largest absolute Gasteiger partial charge is 0.497 e. The van der Waals surface area contributed by atoms with Crippen LogP contribution in [-0.4, -0.2) is 24.1 Å². The summed E-state index contributed by atoms with van der Waals surface area (Å²) >= 11 is 1.42. The van der Waals surface area contributed by atoms with E-state index in [1.807, 2.05) is 42.5 Å². The van der Waals surface area contributed by atoms with Gasteiger partial charge in [-0.05, 0) is 29.8 Å². The average Bonchev–Trinajstić information content (AvgIpc) is 3.17. The molecule has 0 aliphatic carbocycles. The van der Waals surface area contributed by atoms with Crippen LogP contribution in [0.15, 0.2) is 42.5 Å². The van der Waals surface area contributed by atoms with Gasteiger partial charge in [0.2, 0.25) is 0 Å². The number of anilines is 1. The third-order valence-electron chi connectivity index (χ3n) is 3.77. The number of carbonyl (C=O) groups is 1. The fourth-order valence-electron chi connectivity index (χ4n) is 2.60. The maximum Gasteiger partial charge on any atom is 0.267 e. The van der Waals surface area contributed by atoms with Crippen LogP contribution in [-0.2, 0) is 11.2 Å². The maximum atomic E-state index is 12.4. The number of amides is 1. The fourth-order valence-corrected chi connectivity index (χ4v) is 3.50. The Balaban J connectivity index is 1.51. The number of methoxy groups -OCH3 is 1. The van der Waals surface area contributed by atoms with Gasteiger partial charge in [0.25, 0.3) is 5.91 Å². The van der Waals surface area contributed by atoms with Crippen molar-refractivity contribution in [2.24, 2.45) is 0 Å². The normalized spacial score (nSPS) is 16.0. The SMILES string of the molecule is COc1ccc2nc(NC(=O)[C@H]3Cc4ccccc4O3)sc2c1. The van der Waals surface area contributed by atoms with Crippen LogP contribution < -0.4 is 14.8 Å². The topological polar surface area (TPSA) is 60.5 Å². The molecule has 5 nitrogen and oxygen atoms in total. The number of carbonyl (C=O) groups excluding carboxylic acids is 1. The van der Waals surface area contributed by atoms with Crippen molar-refractivity contribution in [2.75, 3.05) is 12.4 Å². The van der Waals surface area contributed by atoms with Gasteiger partial charge in [-0.3, -0.25) is 10.1 Å². The molecule has 2 aromatic carbocycles. The lowest BCUT2D eigenvalue weighted by Crippen LogP contribution is -2.31. The number of ether oxygens (including phenoxy) is 2. The first-order valence-electron chi connectivity index (χ1n) is 7.23. The number of para-hydroxylation sites is 1. The summed E-state index contributed by atoms with van der Waals surface area (Å²) in [6.07, 6.45) is 0.0784. The van der Waals surface area contributed by atoms with Crippen molar-refractivity contribution >= 4 is 32.6 Å². The predicted octanol–water partition coefficient (Wildman–Crippen LogP) is 3.25. The summed E-state index contributed by atoms with van der Waals surface area (Å²) in [5, 5.41) is 3.42. The van der Waals surface area contributed by atoms with Crippen molar-refractivity contribution in [3.63, 3.8) is 0 Å². The highest BCUT2D eigenvalue weighted by atomic mass is 32.1. The molecule has 0 radical (unpaired) electrons. The summed E-state index contributed by atoms with van der Waals surface area (Å²) in [7, 11) is 1.62. The number of fused-ring (bicyclic) bond motifs is 2. The number of hydrogen-bond donors (Lipinski definition) is 1. The highest BCUT2D eigenvalue weighted by Gasteiger charge is 2.29. The van der Waals surface area contributed by atoms with E-state index in [1.54, 1.807) is 7.11 Å². The summed E-state index contributed by atoms with van der Waals surface area (Å²) in [4.78, 5) is 16.8. The van der Waals surface area contributed by atoms with E-state index in [0.717, 1.165) is 27.3 Å². The quantitative estimate of drug-likeness (QED) is 0.802. The van der Waals surface area contributed by atoms with Gasteiger partial charge in [0.15, 0.2) is 11.2 Å². The van der Waals surface area contributed by atoms with Gasteiger partial charge in [0.05, 0.1) is 17.3 Å². The Morgan fingerprint density at radius 2 is 2.22 bits per heavy atom. The number of rotatable bonds is 3. The number of benzene rings is 2. The van der Waals surface area contributed by atoms with Gasteiger partial charge < -0.3 is 9.47 Å². The zero-order valence-electron chi connectivity index (χ0n) is 12.4. The lowest BCUT2D eigenvalue weighted by Gasteiger charge is -2.09. The molecule has 1 N–H and O–H groups in total. The zero-order chi connectivity index (χ0) is 15.8. The molecule has 6 heteroatoms. The lowest BCUT2D eigenvalue weighted by molar-refractivity contribution is -0.122. The molecule has 0 bridgehead atoms. The Morgan fingerprint density at radius 3 is 3.04 bits per heavy atom. The molecule has 0 saturated carbocycles. The van der Waals surface area contributed by atoms with E-state index in [2.05, 4.69) is 10.3 Å². The van der Waals surface area contributed by atoms with Crippen LogP contribution >= 0.6 is 11.3 Å². The van der Waals surface area contributed by atoms with E-state index in [9.17, 15) is 4.79 Å². The number of aromatic nitrogens is 1. The standard InChI is InChI=1S/C17H14N2O3S/c1-21-11-6-7-12-15(9-11)23-17(18-12)19-16(20)14-8-10-4-2-3-5-13(10)22-14/h2-7,9,14H,8H2,1H3,(H,18,19,20)/t14-/m1/s1. The second kappa shape index (κ2) is 5.55. The minimum absolute atomic E-state index is 0.174. The number of nitrogens with one attached hydrogen (secondary N) is 1. The Labute approximate surface area is 136 Å². The molecule has 4 rings (SSSR count). The highest BCUT2D eigenvalue weighted by Crippen LogP contribution is 2.31. The van der Waals surface area contributed by atoms with Gasteiger partial charge >= 0.3 is 0 Å². The van der Waals surface area contributed by atoms with E-state index < -0.39 is 6.10 Å². The van der Waals surface area contributed by atoms with Crippen molar-refractivity contribution in [2.45, 2.75) is 12.5 Å². The molecule has 1 aliphatic heterocycles. The molecule has 3 aromatic rings. The second-order valence-electron chi connectivity index (χ2n) is 5.26. The summed E-state index contributed by atoms with van der Waals surface area (Å²) in [5.74, 6) is 1.38. The monoisotopic (exact) mass is 326 g/mol. The molecule has 1 atom stereocenters. The molecule has 2 heterocycles. The first-order valence-corrected chi connectivity index (χ1v) is 8.04. The molecule has 1 amide bonds. The van der Waals surface area contributed by atoms with E-state index in [-0.39, 0.29) is 5.91 Å². The van der Waals surface area contributed by atoms with E-state index in [4.69, 9.17) is 9.47 Å². The van der Waals surface area contributed by atoms with E-state index in [0.29, 0.717) is 11.6 Å². The van der Waals surface area contributed by atoms with Crippen LogP contribution in [0.4, 0.5) is 5.13 Å². The van der Waals surface area contributed by atoms with Crippen LogP contribution in [0.5, 0.6) is 11.5 Å². The molecule has 0 spiro atoms. The number of nitrogens with zero attached hydrogens (tertiary/aromatic N) is 1. The minimum atomic E-state index is -0.506. The minimum Gasteiger partial charge on any atom is -0.497 e. The van der Waals surface area contributed by atoms with Crippen molar-refractivity contribution in [1.29, 1.82) is 0 Å². The fraction of sp³-hybridized carbons (Fsp3) is 0.176. The molecule has 1 aliphatic rings. The average molecular weight is 326 g/mol. The van der Waals surface area contributed by atoms with Gasteiger partial charge in [-0.15, -0.1) is 0 Å². The number of hydrogen-bond acceptors (Lipinski definition) is 5. The third-order valence-corrected chi connectivity index (χ3v) is 4.70. The predicted molar refractivity (Wildman–Crippen MR) is 89.4 cm³/mol. The molecule has 0 saturated heterocycles. The Morgan fingerprint density at radius 1 is 1.35 bits per heavy atom. The number of thiazole rings is 1. The van der Waals surface area contributed by atoms with E-state index >= 15 is 0 Å². The molecule has 0 unspecified atom stereocenters. The molecule has 1 aromatic heterocycles.